The van der Waals surface area contributed by atoms with Crippen LogP contribution >= 0.6 is 0 Å². The molecule has 1 unspecified atom stereocenters. The molecule has 0 bridgehead atoms. The molecule has 1 aliphatic rings. The van der Waals surface area contributed by atoms with E-state index < -0.39 is 16.0 Å². The fraction of sp³-hybridized carbons (Fsp3) is 1.00. The summed E-state index contributed by atoms with van der Waals surface area (Å²) in [5, 5.41) is 0. The monoisotopic (exact) mass is 188 g/mol. The van der Waals surface area contributed by atoms with Crippen molar-refractivity contribution >= 4 is 25.3 Å². The summed E-state index contributed by atoms with van der Waals surface area (Å²) in [5.74, 6) is 0. The van der Waals surface area contributed by atoms with Crippen molar-refractivity contribution in [2.45, 2.75) is 25.4 Å². The molecule has 1 fully saturated rings. The average Bonchev–Trinajstić information content (AvgIpc) is 1.92. The van der Waals surface area contributed by atoms with Gasteiger partial charge in [0.15, 0.2) is 0 Å². The fourth-order valence-electron chi connectivity index (χ4n) is 0.979. The van der Waals surface area contributed by atoms with Crippen molar-refractivity contribution in [2.75, 3.05) is 6.61 Å². The second-order valence-electron chi connectivity index (χ2n) is 2.71. The van der Waals surface area contributed by atoms with Crippen LogP contribution in [0.3, 0.4) is 0 Å². The van der Waals surface area contributed by atoms with Crippen LogP contribution in [0.2, 0.25) is 12.6 Å². The van der Waals surface area contributed by atoms with Gasteiger partial charge in [-0.25, -0.2) is 0 Å². The van der Waals surface area contributed by atoms with Crippen LogP contribution < -0.4 is 0 Å². The van der Waals surface area contributed by atoms with Gasteiger partial charge in [-0.05, 0) is 6.42 Å². The van der Waals surface area contributed by atoms with Gasteiger partial charge in [0.1, 0.15) is 0 Å². The van der Waals surface area contributed by atoms with Crippen molar-refractivity contribution in [3.8, 4) is 0 Å². The molecule has 0 aromatic heterocycles. The Hall–Kier alpha value is 0.411. The summed E-state index contributed by atoms with van der Waals surface area (Å²) in [7, 11) is -1.71. The van der Waals surface area contributed by atoms with E-state index in [0.717, 1.165) is 6.61 Å². The molecular weight excluding hydrogens is 176 g/mol. The first-order valence-electron chi connectivity index (χ1n) is 3.72. The molecule has 0 amide bonds. The lowest BCUT2D eigenvalue weighted by Gasteiger charge is -2.10. The minimum Gasteiger partial charge on any atom is -0.414 e. The zero-order chi connectivity index (χ0) is 7.40. The van der Waals surface area contributed by atoms with Crippen LogP contribution in [0.5, 0.6) is 0 Å². The molecule has 1 heterocycles. The van der Waals surface area contributed by atoms with Crippen LogP contribution in [0, 0.1) is 0 Å². The molecule has 56 valence electrons. The fourth-order valence-corrected chi connectivity index (χ4v) is 9.33. The summed E-state index contributed by atoms with van der Waals surface area (Å²) in [5.41, 5.74) is 0. The van der Waals surface area contributed by atoms with Gasteiger partial charge in [0.2, 0.25) is 0 Å². The van der Waals surface area contributed by atoms with Crippen molar-refractivity contribution in [3.63, 3.8) is 0 Å². The quantitative estimate of drug-likeness (QED) is 0.510. The Morgan fingerprint density at radius 3 is 3.20 bits per heavy atom. The Morgan fingerprint density at radius 2 is 2.40 bits per heavy atom. The first-order chi connectivity index (χ1) is 4.80. The largest absolute Gasteiger partial charge is 0.414 e. The van der Waals surface area contributed by atoms with Crippen LogP contribution in [0.4, 0.5) is 0 Å². The highest BCUT2D eigenvalue weighted by Gasteiger charge is 2.20. The minimum absolute atomic E-state index is 0.352. The Kier molecular flexibility index (Phi) is 3.68. The Morgan fingerprint density at radius 1 is 1.60 bits per heavy atom. The molecule has 0 aromatic rings. The van der Waals surface area contributed by atoms with Gasteiger partial charge >= 0.3 is 0 Å². The summed E-state index contributed by atoms with van der Waals surface area (Å²) in [6.07, 6.45) is 2.42. The zero-order valence-electron chi connectivity index (χ0n) is 6.22. The molecular formula is C5H12O2Si3. The van der Waals surface area contributed by atoms with E-state index in [1.54, 1.807) is 0 Å². The maximum atomic E-state index is 11.3. The molecule has 1 aliphatic heterocycles. The number of hydrogen-bond acceptors (Lipinski definition) is 2. The number of rotatable bonds is 0. The van der Waals surface area contributed by atoms with Crippen LogP contribution in [0.15, 0.2) is 0 Å². The van der Waals surface area contributed by atoms with E-state index in [1.807, 2.05) is 0 Å². The van der Waals surface area contributed by atoms with Gasteiger partial charge in [0.05, 0.1) is 8.31 Å². The zero-order valence-corrected chi connectivity index (χ0v) is 9.38. The lowest BCUT2D eigenvalue weighted by atomic mass is 10.4. The molecule has 1 atom stereocenters. The van der Waals surface area contributed by atoms with E-state index in [2.05, 4.69) is 6.55 Å². The lowest BCUT2D eigenvalue weighted by Crippen LogP contribution is -2.33. The van der Waals surface area contributed by atoms with Gasteiger partial charge in [0, 0.05) is 6.61 Å². The first kappa shape index (κ1) is 8.51. The predicted octanol–water partition coefficient (Wildman–Crippen LogP) is 0.270. The van der Waals surface area contributed by atoms with Gasteiger partial charge in [-0.15, -0.1) is 0 Å². The molecule has 0 aromatic carbocycles. The summed E-state index contributed by atoms with van der Waals surface area (Å²) in [6, 6.07) is 1.27. The third-order valence-corrected chi connectivity index (χ3v) is 14.6. The summed E-state index contributed by atoms with van der Waals surface area (Å²) in [4.78, 5) is 0. The molecule has 10 heavy (non-hydrogen) atoms. The van der Waals surface area contributed by atoms with Crippen LogP contribution in [0.1, 0.15) is 12.8 Å². The normalized spacial score (nSPS) is 29.3. The highest BCUT2D eigenvalue weighted by Crippen LogP contribution is 2.04. The van der Waals surface area contributed by atoms with Crippen molar-refractivity contribution < 1.29 is 8.89 Å². The summed E-state index contributed by atoms with van der Waals surface area (Å²) < 4.78 is 16.6. The van der Waals surface area contributed by atoms with Crippen molar-refractivity contribution in [1.82, 2.24) is 0 Å². The van der Waals surface area contributed by atoms with Gasteiger partial charge < -0.3 is 8.89 Å². The summed E-state index contributed by atoms with van der Waals surface area (Å²) in [6.45, 7) is 3.05. The molecule has 2 nitrogen and oxygen atoms in total. The van der Waals surface area contributed by atoms with Crippen LogP contribution in [-0.4, -0.2) is 31.9 Å². The molecule has 1 saturated heterocycles. The van der Waals surface area contributed by atoms with E-state index in [4.69, 9.17) is 4.43 Å². The van der Waals surface area contributed by atoms with Gasteiger partial charge in [-0.3, -0.25) is 0 Å². The van der Waals surface area contributed by atoms with Crippen molar-refractivity contribution in [3.05, 3.63) is 0 Å². The van der Waals surface area contributed by atoms with E-state index in [-0.39, 0.29) is 0 Å². The minimum atomic E-state index is -1.24. The van der Waals surface area contributed by atoms with E-state index in [1.165, 1.54) is 18.9 Å². The SMILES string of the molecule is C[SiH]1CCCCO[Si][Si]1=O. The predicted molar refractivity (Wildman–Crippen MR) is 45.2 cm³/mol. The third-order valence-electron chi connectivity index (χ3n) is 1.75. The number of hydrogen-bond donors (Lipinski definition) is 0. The Bertz CT molecular complexity index is 128. The second kappa shape index (κ2) is 4.32. The van der Waals surface area contributed by atoms with Crippen LogP contribution in [0.25, 0.3) is 0 Å². The Balaban J connectivity index is 2.35. The highest BCUT2D eigenvalue weighted by molar-refractivity contribution is 7.37. The molecule has 0 N–H and O–H groups in total. The smallest absolute Gasteiger partial charge is 0.283 e. The summed E-state index contributed by atoms with van der Waals surface area (Å²) >= 11 is 0. The Labute approximate surface area is 66.8 Å². The van der Waals surface area contributed by atoms with E-state index in [0.29, 0.717) is 9.28 Å². The van der Waals surface area contributed by atoms with Gasteiger partial charge in [-0.1, -0.05) is 19.0 Å². The second-order valence-corrected chi connectivity index (χ2v) is 14.7. The van der Waals surface area contributed by atoms with E-state index >= 15 is 0 Å². The molecule has 0 saturated carbocycles. The van der Waals surface area contributed by atoms with Crippen molar-refractivity contribution in [1.29, 1.82) is 0 Å². The highest BCUT2D eigenvalue weighted by atomic mass is 29.6. The average molecular weight is 188 g/mol. The lowest BCUT2D eigenvalue weighted by molar-refractivity contribution is 0.332. The molecule has 1 rings (SSSR count). The van der Waals surface area contributed by atoms with Gasteiger partial charge in [0.25, 0.3) is 17.0 Å². The molecule has 5 heteroatoms. The third kappa shape index (κ3) is 2.57. The van der Waals surface area contributed by atoms with Gasteiger partial charge in [-0.2, -0.15) is 0 Å². The van der Waals surface area contributed by atoms with Crippen LogP contribution in [-0.2, 0) is 8.89 Å². The first-order valence-corrected chi connectivity index (χ1v) is 10.8. The molecule has 2 radical (unpaired) electrons. The molecule has 0 aliphatic carbocycles. The maximum Gasteiger partial charge on any atom is 0.283 e. The van der Waals surface area contributed by atoms with Crippen molar-refractivity contribution in [2.24, 2.45) is 0 Å². The topological polar surface area (TPSA) is 26.3 Å². The maximum absolute atomic E-state index is 11.3. The standard InChI is InChI=1S/C5H12O2Si3/c1-9-5-3-2-4-7-8-10(9)6/h9H,2-5H2,1H3. The van der Waals surface area contributed by atoms with E-state index in [9.17, 15) is 4.46 Å². The molecule has 0 spiro atoms.